The summed E-state index contributed by atoms with van der Waals surface area (Å²) in [5, 5.41) is 9.01. The molecule has 0 saturated heterocycles. The highest BCUT2D eigenvalue weighted by atomic mass is 35.5. The zero-order valence-corrected chi connectivity index (χ0v) is 14.8. The molecule has 0 aromatic carbocycles. The van der Waals surface area contributed by atoms with Crippen LogP contribution in [0.3, 0.4) is 0 Å². The van der Waals surface area contributed by atoms with Gasteiger partial charge >= 0.3 is 0 Å². The fraction of sp³-hybridized carbons (Fsp3) is 0.800. The van der Waals surface area contributed by atoms with Crippen molar-refractivity contribution in [3.05, 3.63) is 16.4 Å². The summed E-state index contributed by atoms with van der Waals surface area (Å²) < 4.78 is 1.95. The van der Waals surface area contributed by atoms with Gasteiger partial charge < -0.3 is 5.32 Å². The highest BCUT2D eigenvalue weighted by Gasteiger charge is 2.17. The SMILES string of the molecule is CCCNC(CSCCC)Cc1c(Cl)c(CC)nn1C. The molecule has 1 rings (SSSR count). The number of aryl methyl sites for hydroxylation is 2. The van der Waals surface area contributed by atoms with Crippen LogP contribution in [0.15, 0.2) is 0 Å². The van der Waals surface area contributed by atoms with Crippen molar-refractivity contribution < 1.29 is 0 Å². The maximum absolute atomic E-state index is 6.45. The lowest BCUT2D eigenvalue weighted by atomic mass is 10.1. The summed E-state index contributed by atoms with van der Waals surface area (Å²) >= 11 is 8.47. The van der Waals surface area contributed by atoms with Gasteiger partial charge in [0.2, 0.25) is 0 Å². The molecule has 0 aliphatic rings. The third kappa shape index (κ3) is 5.30. The molecule has 1 heterocycles. The molecule has 1 aromatic rings. The molecule has 3 nitrogen and oxygen atoms in total. The van der Waals surface area contributed by atoms with E-state index in [1.807, 2.05) is 23.5 Å². The zero-order chi connectivity index (χ0) is 15.0. The topological polar surface area (TPSA) is 29.9 Å². The van der Waals surface area contributed by atoms with Crippen LogP contribution in [0.1, 0.15) is 45.0 Å². The fourth-order valence-electron chi connectivity index (χ4n) is 2.18. The summed E-state index contributed by atoms with van der Waals surface area (Å²) in [6.45, 7) is 7.60. The van der Waals surface area contributed by atoms with Crippen LogP contribution in [-0.2, 0) is 19.9 Å². The standard InChI is InChI=1S/C15H28ClN3S/c1-5-8-17-12(11-20-9-6-2)10-14-15(16)13(7-3)18-19(14)4/h12,17H,5-11H2,1-4H3. The maximum Gasteiger partial charge on any atom is 0.0850 e. The van der Waals surface area contributed by atoms with E-state index in [2.05, 4.69) is 31.2 Å². The van der Waals surface area contributed by atoms with Gasteiger partial charge in [-0.3, -0.25) is 4.68 Å². The van der Waals surface area contributed by atoms with Gasteiger partial charge in [0.1, 0.15) is 0 Å². The molecule has 1 N–H and O–H groups in total. The number of thioether (sulfide) groups is 1. The quantitative estimate of drug-likeness (QED) is 0.667. The van der Waals surface area contributed by atoms with Crippen LogP contribution in [0, 0.1) is 0 Å². The highest BCUT2D eigenvalue weighted by molar-refractivity contribution is 7.99. The Morgan fingerprint density at radius 2 is 2.05 bits per heavy atom. The van der Waals surface area contributed by atoms with Crippen LogP contribution in [0.4, 0.5) is 0 Å². The number of hydrogen-bond donors (Lipinski definition) is 1. The van der Waals surface area contributed by atoms with Crippen molar-refractivity contribution in [1.29, 1.82) is 0 Å². The molecule has 116 valence electrons. The molecular weight excluding hydrogens is 290 g/mol. The first-order valence-corrected chi connectivity index (χ1v) is 9.18. The molecule has 0 radical (unpaired) electrons. The van der Waals surface area contributed by atoms with E-state index in [0.29, 0.717) is 6.04 Å². The van der Waals surface area contributed by atoms with Crippen molar-refractivity contribution >= 4 is 23.4 Å². The second-order valence-electron chi connectivity index (χ2n) is 5.11. The molecule has 20 heavy (non-hydrogen) atoms. The van der Waals surface area contributed by atoms with Gasteiger partial charge in [0.15, 0.2) is 0 Å². The Morgan fingerprint density at radius 1 is 1.30 bits per heavy atom. The molecule has 0 aliphatic carbocycles. The van der Waals surface area contributed by atoms with Gasteiger partial charge in [-0.2, -0.15) is 16.9 Å². The Hall–Kier alpha value is -0.190. The Kier molecular flexibility index (Phi) is 8.66. The average molecular weight is 318 g/mol. The van der Waals surface area contributed by atoms with E-state index in [1.54, 1.807) is 0 Å². The molecule has 0 amide bonds. The monoisotopic (exact) mass is 317 g/mol. The summed E-state index contributed by atoms with van der Waals surface area (Å²) in [6.07, 6.45) is 4.25. The van der Waals surface area contributed by atoms with Gasteiger partial charge in [-0.25, -0.2) is 0 Å². The molecule has 0 fully saturated rings. The first-order chi connectivity index (χ1) is 9.63. The predicted octanol–water partition coefficient (Wildman–Crippen LogP) is 3.69. The minimum Gasteiger partial charge on any atom is -0.313 e. The second-order valence-corrected chi connectivity index (χ2v) is 6.64. The third-order valence-corrected chi connectivity index (χ3v) is 5.06. The number of hydrogen-bond acceptors (Lipinski definition) is 3. The number of aromatic nitrogens is 2. The number of nitrogens with one attached hydrogen (secondary N) is 1. The summed E-state index contributed by atoms with van der Waals surface area (Å²) in [5.41, 5.74) is 2.17. The fourth-order valence-corrected chi connectivity index (χ4v) is 3.53. The molecule has 1 aromatic heterocycles. The molecule has 1 unspecified atom stereocenters. The first kappa shape index (κ1) is 17.9. The number of nitrogens with zero attached hydrogens (tertiary/aromatic N) is 2. The van der Waals surface area contributed by atoms with Crippen molar-refractivity contribution in [2.45, 2.75) is 52.5 Å². The highest BCUT2D eigenvalue weighted by Crippen LogP contribution is 2.23. The molecule has 0 saturated carbocycles. The third-order valence-electron chi connectivity index (χ3n) is 3.29. The van der Waals surface area contributed by atoms with E-state index in [0.717, 1.165) is 48.0 Å². The molecule has 1 atom stereocenters. The maximum atomic E-state index is 6.45. The van der Waals surface area contributed by atoms with Gasteiger partial charge in [-0.05, 0) is 31.6 Å². The van der Waals surface area contributed by atoms with Crippen molar-refractivity contribution in [1.82, 2.24) is 15.1 Å². The zero-order valence-electron chi connectivity index (χ0n) is 13.2. The van der Waals surface area contributed by atoms with E-state index in [9.17, 15) is 0 Å². The van der Waals surface area contributed by atoms with Crippen LogP contribution >= 0.6 is 23.4 Å². The largest absolute Gasteiger partial charge is 0.313 e. The molecule has 5 heteroatoms. The summed E-state index contributed by atoms with van der Waals surface area (Å²) in [4.78, 5) is 0. The smallest absolute Gasteiger partial charge is 0.0850 e. The van der Waals surface area contributed by atoms with E-state index >= 15 is 0 Å². The van der Waals surface area contributed by atoms with Crippen LogP contribution in [0.5, 0.6) is 0 Å². The minimum atomic E-state index is 0.476. The van der Waals surface area contributed by atoms with Crippen LogP contribution in [0.2, 0.25) is 5.02 Å². The number of halogens is 1. The Balaban J connectivity index is 2.69. The first-order valence-electron chi connectivity index (χ1n) is 7.65. The molecule has 0 aliphatic heterocycles. The Morgan fingerprint density at radius 3 is 2.60 bits per heavy atom. The van der Waals surface area contributed by atoms with Gasteiger partial charge in [0, 0.05) is 25.3 Å². The van der Waals surface area contributed by atoms with Crippen LogP contribution < -0.4 is 5.32 Å². The lowest BCUT2D eigenvalue weighted by Gasteiger charge is -2.18. The van der Waals surface area contributed by atoms with Crippen LogP contribution in [0.25, 0.3) is 0 Å². The average Bonchev–Trinajstić information content (AvgIpc) is 2.71. The predicted molar refractivity (Wildman–Crippen MR) is 91.0 cm³/mol. The van der Waals surface area contributed by atoms with Crippen molar-refractivity contribution in [2.24, 2.45) is 7.05 Å². The molecule has 0 spiro atoms. The number of rotatable bonds is 10. The second kappa shape index (κ2) is 9.69. The van der Waals surface area contributed by atoms with Gasteiger partial charge in [-0.1, -0.05) is 32.4 Å². The van der Waals surface area contributed by atoms with Gasteiger partial charge in [0.25, 0.3) is 0 Å². The van der Waals surface area contributed by atoms with Crippen molar-refractivity contribution in [3.8, 4) is 0 Å². The molecular formula is C15H28ClN3S. The summed E-state index contributed by atoms with van der Waals surface area (Å²) in [7, 11) is 2.00. The van der Waals surface area contributed by atoms with E-state index in [1.165, 1.54) is 12.2 Å². The van der Waals surface area contributed by atoms with Crippen LogP contribution in [-0.4, -0.2) is 33.9 Å². The van der Waals surface area contributed by atoms with E-state index in [4.69, 9.17) is 11.6 Å². The van der Waals surface area contributed by atoms with E-state index < -0.39 is 0 Å². The van der Waals surface area contributed by atoms with Gasteiger partial charge in [-0.15, -0.1) is 0 Å². The van der Waals surface area contributed by atoms with Crippen molar-refractivity contribution in [2.75, 3.05) is 18.1 Å². The minimum absolute atomic E-state index is 0.476. The van der Waals surface area contributed by atoms with E-state index in [-0.39, 0.29) is 0 Å². The Bertz CT molecular complexity index is 393. The summed E-state index contributed by atoms with van der Waals surface area (Å²) in [6, 6.07) is 0.476. The van der Waals surface area contributed by atoms with Gasteiger partial charge in [0.05, 0.1) is 16.4 Å². The van der Waals surface area contributed by atoms with Crippen molar-refractivity contribution in [3.63, 3.8) is 0 Å². The summed E-state index contributed by atoms with van der Waals surface area (Å²) in [5.74, 6) is 2.36. The molecule has 0 bridgehead atoms. The normalized spacial score (nSPS) is 12.8. The lowest BCUT2D eigenvalue weighted by molar-refractivity contribution is 0.531. The lowest BCUT2D eigenvalue weighted by Crippen LogP contribution is -2.34. The Labute approximate surface area is 132 Å².